The molecule has 0 aliphatic heterocycles. The highest BCUT2D eigenvalue weighted by Gasteiger charge is 1.99. The Bertz CT molecular complexity index is 80.1. The second kappa shape index (κ2) is 2.68. The Balaban J connectivity index is 3.61. The number of nitrogens with two attached hydrogens (primary N) is 3. The minimum atomic E-state index is -2.27. The van der Waals surface area contributed by atoms with Gasteiger partial charge in [0.2, 0.25) is 0 Å². The van der Waals surface area contributed by atoms with Crippen LogP contribution in [0.5, 0.6) is 0 Å². The minimum Gasteiger partial charge on any atom is -0.278 e. The van der Waals surface area contributed by atoms with Crippen LogP contribution in [0.3, 0.4) is 0 Å². The lowest BCUT2D eigenvalue weighted by Crippen LogP contribution is -2.35. The molecule has 0 spiro atoms. The summed E-state index contributed by atoms with van der Waals surface area (Å²) in [5.41, 5.74) is 5.17. The first-order valence-electron chi connectivity index (χ1n) is 1.47. The lowest BCUT2D eigenvalue weighted by Gasteiger charge is -2.10. The highest BCUT2D eigenvalue weighted by Crippen LogP contribution is 2.18. The van der Waals surface area contributed by atoms with E-state index in [1.807, 2.05) is 0 Å². The fourth-order valence-corrected chi connectivity index (χ4v) is 0.112. The number of hydrogen-bond donors (Lipinski definition) is 5. The minimum absolute atomic E-state index is 2.16. The van der Waals surface area contributed by atoms with Gasteiger partial charge in [0.15, 0.2) is 6.49 Å². The van der Waals surface area contributed by atoms with Gasteiger partial charge in [-0.05, 0) is 11.8 Å². The van der Waals surface area contributed by atoms with E-state index in [0.717, 1.165) is 0 Å². The summed E-state index contributed by atoms with van der Waals surface area (Å²) in [7, 11) is 0. The van der Waals surface area contributed by atoms with Gasteiger partial charge in [0, 0.05) is 0 Å². The molecule has 8 N–H and O–H groups in total. The number of hydrogen-bond acceptors (Lipinski definition) is 3. The Labute approximate surface area is 46.7 Å². The largest absolute Gasteiger partial charge is 0.278 e. The lowest BCUT2D eigenvalue weighted by molar-refractivity contribution is 0.992. The van der Waals surface area contributed by atoms with Crippen molar-refractivity contribution in [1.82, 2.24) is 10.4 Å². The first-order valence-corrected chi connectivity index (χ1v) is 4.34. The molecule has 0 fully saturated rings. The van der Waals surface area contributed by atoms with E-state index in [0.29, 0.717) is 0 Å². The Hall–Kier alpha value is 0.450. The second-order valence-corrected chi connectivity index (χ2v) is 4.48. The summed E-state index contributed by atoms with van der Waals surface area (Å²) < 4.78 is 0. The van der Waals surface area contributed by atoms with Gasteiger partial charge in [0.1, 0.15) is 0 Å². The molecule has 7 heavy (non-hydrogen) atoms. The number of hydrazine groups is 2. The van der Waals surface area contributed by atoms with E-state index in [-0.39, 0.29) is 0 Å². The molecule has 0 aromatic rings. The molecule has 0 aromatic heterocycles. The van der Waals surface area contributed by atoms with E-state index < -0.39 is 6.49 Å². The van der Waals surface area contributed by atoms with Gasteiger partial charge >= 0.3 is 0 Å². The predicted octanol–water partition coefficient (Wildman–Crippen LogP) is -1.90. The first kappa shape index (κ1) is 7.45. The average molecular weight is 141 g/mol. The van der Waals surface area contributed by atoms with Gasteiger partial charge in [-0.25, -0.2) is 10.4 Å². The maximum Gasteiger partial charge on any atom is 0.161 e. The maximum absolute atomic E-state index is 5.17. The zero-order valence-corrected chi connectivity index (χ0v) is 5.30. The highest BCUT2D eigenvalue weighted by molar-refractivity contribution is 8.11. The van der Waals surface area contributed by atoms with Crippen molar-refractivity contribution in [3.63, 3.8) is 0 Å². The van der Waals surface area contributed by atoms with Crippen LogP contribution in [0.4, 0.5) is 0 Å². The summed E-state index contributed by atoms with van der Waals surface area (Å²) >= 11 is 4.56. The maximum atomic E-state index is 5.17. The molecule has 0 saturated carbocycles. The van der Waals surface area contributed by atoms with Crippen molar-refractivity contribution < 1.29 is 0 Å². The lowest BCUT2D eigenvalue weighted by atomic mass is 12.9. The zero-order chi connectivity index (χ0) is 5.91. The van der Waals surface area contributed by atoms with Crippen LogP contribution in [0.2, 0.25) is 0 Å². The first-order chi connectivity index (χ1) is 3.12. The van der Waals surface area contributed by atoms with Crippen molar-refractivity contribution in [3.05, 3.63) is 0 Å². The van der Waals surface area contributed by atoms with Gasteiger partial charge < -0.3 is 0 Å². The van der Waals surface area contributed by atoms with Crippen LogP contribution in [0.1, 0.15) is 0 Å². The normalized spacial score (nSPS) is 11.9. The van der Waals surface area contributed by atoms with E-state index in [9.17, 15) is 0 Å². The highest BCUT2D eigenvalue weighted by atomic mass is 32.4. The van der Waals surface area contributed by atoms with Crippen molar-refractivity contribution in [2.45, 2.75) is 0 Å². The Kier molecular flexibility index (Phi) is 2.86. The number of rotatable bonds is 2. The monoisotopic (exact) mass is 141 g/mol. The van der Waals surface area contributed by atoms with Crippen molar-refractivity contribution >= 4 is 18.3 Å². The molecule has 0 unspecified atom stereocenters. The molecule has 0 bridgehead atoms. The van der Waals surface area contributed by atoms with Crippen LogP contribution in [0, 0.1) is 0 Å². The molecule has 7 heteroatoms. The number of nitrogens with one attached hydrogen (secondary N) is 2. The average Bonchev–Trinajstić information content (AvgIpc) is 1.68. The van der Waals surface area contributed by atoms with Crippen LogP contribution in [-0.4, -0.2) is 0 Å². The fraction of sp³-hybridized carbons (Fsp3) is 0. The van der Waals surface area contributed by atoms with E-state index in [4.69, 9.17) is 17.2 Å². The van der Waals surface area contributed by atoms with Crippen LogP contribution in [0.15, 0.2) is 0 Å². The molecule has 0 saturated heterocycles. The molecular weight excluding hydrogens is 133 g/mol. The Morgan fingerprint density at radius 2 is 1.57 bits per heavy atom. The molecule has 0 heterocycles. The quantitative estimate of drug-likeness (QED) is 0.175. The van der Waals surface area contributed by atoms with Crippen molar-refractivity contribution in [1.29, 1.82) is 0 Å². The van der Waals surface area contributed by atoms with Gasteiger partial charge in [0.05, 0.1) is 0 Å². The standard InChI is InChI=1S/H8N5PS/c1-4-6(3,7)5-2/h1-2H2,(H4,3,4,5,7). The van der Waals surface area contributed by atoms with Crippen molar-refractivity contribution in [2.75, 3.05) is 0 Å². The molecule has 0 aliphatic carbocycles. The van der Waals surface area contributed by atoms with Crippen LogP contribution >= 0.6 is 6.49 Å². The van der Waals surface area contributed by atoms with Gasteiger partial charge in [0.25, 0.3) is 0 Å². The summed E-state index contributed by atoms with van der Waals surface area (Å²) in [6, 6.07) is 0. The summed E-state index contributed by atoms with van der Waals surface area (Å²) in [5, 5.41) is 4.32. The SMILES string of the molecule is NNP(N)(=S)NN. The van der Waals surface area contributed by atoms with Gasteiger partial charge in [-0.3, -0.25) is 17.2 Å². The topological polar surface area (TPSA) is 102 Å². The molecule has 0 amide bonds. The van der Waals surface area contributed by atoms with E-state index in [1.165, 1.54) is 0 Å². The third-order valence-corrected chi connectivity index (χ3v) is 1.78. The Morgan fingerprint density at radius 1 is 1.29 bits per heavy atom. The van der Waals surface area contributed by atoms with Crippen molar-refractivity contribution in [2.24, 2.45) is 17.2 Å². The summed E-state index contributed by atoms with van der Waals surface area (Å²) in [4.78, 5) is 0. The predicted molar refractivity (Wildman–Crippen MR) is 33.1 cm³/mol. The van der Waals surface area contributed by atoms with Gasteiger partial charge in [-0.1, -0.05) is 0 Å². The summed E-state index contributed by atoms with van der Waals surface area (Å²) in [6.45, 7) is -2.27. The smallest absolute Gasteiger partial charge is 0.161 e. The van der Waals surface area contributed by atoms with E-state index in [1.54, 1.807) is 0 Å². The molecule has 0 rings (SSSR count). The molecule has 0 aromatic carbocycles. The van der Waals surface area contributed by atoms with Crippen LogP contribution in [-0.2, 0) is 11.8 Å². The van der Waals surface area contributed by atoms with Gasteiger partial charge in [-0.2, -0.15) is 0 Å². The molecule has 0 aliphatic rings. The molecule has 44 valence electrons. The van der Waals surface area contributed by atoms with Gasteiger partial charge in [-0.15, -0.1) is 0 Å². The molecule has 0 radical (unpaired) electrons. The summed E-state index contributed by atoms with van der Waals surface area (Å²) in [5.74, 6) is 9.69. The van der Waals surface area contributed by atoms with Crippen molar-refractivity contribution in [3.8, 4) is 0 Å². The fourth-order valence-electron chi connectivity index (χ4n) is 0.0373. The third kappa shape index (κ3) is 3.07. The Morgan fingerprint density at radius 3 is 1.57 bits per heavy atom. The third-order valence-electron chi connectivity index (χ3n) is 0.384. The van der Waals surface area contributed by atoms with Crippen LogP contribution in [0.25, 0.3) is 0 Å². The second-order valence-electron chi connectivity index (χ2n) is 0.916. The summed E-state index contributed by atoms with van der Waals surface area (Å²) in [6.07, 6.45) is 0. The molecule has 5 nitrogen and oxygen atoms in total. The zero-order valence-electron chi connectivity index (χ0n) is 3.59. The molecular formula is H8N5PS. The van der Waals surface area contributed by atoms with E-state index >= 15 is 0 Å². The van der Waals surface area contributed by atoms with Crippen LogP contribution < -0.4 is 27.6 Å². The van der Waals surface area contributed by atoms with E-state index in [2.05, 4.69) is 22.2 Å². The molecule has 0 atom stereocenters.